The second kappa shape index (κ2) is 7.09. The Kier molecular flexibility index (Phi) is 4.88. The van der Waals surface area contributed by atoms with Crippen molar-refractivity contribution in [3.63, 3.8) is 0 Å². The van der Waals surface area contributed by atoms with E-state index in [1.165, 1.54) is 5.56 Å². The van der Waals surface area contributed by atoms with Crippen LogP contribution in [0.2, 0.25) is 0 Å². The summed E-state index contributed by atoms with van der Waals surface area (Å²) in [6.45, 7) is 4.45. The number of fused-ring (bicyclic) bond motifs is 1. The minimum atomic E-state index is -0.853. The number of aromatic nitrogens is 2. The summed E-state index contributed by atoms with van der Waals surface area (Å²) in [6, 6.07) is 6.21. The minimum absolute atomic E-state index is 0.0510. The van der Waals surface area contributed by atoms with Crippen LogP contribution < -0.4 is 5.32 Å². The Bertz CT molecular complexity index is 824. The molecule has 1 aromatic carbocycles. The molecule has 1 aliphatic carbocycles. The first-order chi connectivity index (χ1) is 12.0. The maximum absolute atomic E-state index is 12.5. The number of carbonyl (C=O) groups is 2. The van der Waals surface area contributed by atoms with Gasteiger partial charge in [-0.3, -0.25) is 9.59 Å². The Balaban J connectivity index is 1.84. The van der Waals surface area contributed by atoms with Crippen molar-refractivity contribution in [3.05, 3.63) is 46.3 Å². The quantitative estimate of drug-likeness (QED) is 0.791. The zero-order chi connectivity index (χ0) is 18.0. The van der Waals surface area contributed by atoms with E-state index in [0.717, 1.165) is 41.8 Å². The van der Waals surface area contributed by atoms with Gasteiger partial charge in [-0.25, -0.2) is 4.68 Å². The van der Waals surface area contributed by atoms with Crippen LogP contribution in [0.1, 0.15) is 52.1 Å². The molecule has 1 aromatic heterocycles. The molecule has 0 spiro atoms. The van der Waals surface area contributed by atoms with Gasteiger partial charge in [0.15, 0.2) is 5.69 Å². The molecule has 6 nitrogen and oxygen atoms in total. The van der Waals surface area contributed by atoms with Crippen LogP contribution in [-0.4, -0.2) is 33.3 Å². The highest BCUT2D eigenvalue weighted by molar-refractivity contribution is 5.94. The van der Waals surface area contributed by atoms with Crippen molar-refractivity contribution < 1.29 is 14.7 Å². The van der Waals surface area contributed by atoms with E-state index in [2.05, 4.69) is 36.4 Å². The smallest absolute Gasteiger partial charge is 0.303 e. The topological polar surface area (TPSA) is 84.2 Å². The largest absolute Gasteiger partial charge is 0.481 e. The summed E-state index contributed by atoms with van der Waals surface area (Å²) in [4.78, 5) is 23.1. The molecule has 6 heteroatoms. The molecule has 0 saturated carbocycles. The molecule has 1 heterocycles. The highest BCUT2D eigenvalue weighted by Crippen LogP contribution is 2.29. The van der Waals surface area contributed by atoms with E-state index in [1.54, 1.807) is 0 Å². The summed E-state index contributed by atoms with van der Waals surface area (Å²) in [5.41, 5.74) is 5.95. The number of nitrogens with one attached hydrogen (secondary N) is 1. The Morgan fingerprint density at radius 3 is 2.80 bits per heavy atom. The van der Waals surface area contributed by atoms with Gasteiger partial charge in [0.1, 0.15) is 0 Å². The maximum Gasteiger partial charge on any atom is 0.303 e. The van der Waals surface area contributed by atoms with Crippen LogP contribution in [0, 0.1) is 13.8 Å². The monoisotopic (exact) mass is 341 g/mol. The summed E-state index contributed by atoms with van der Waals surface area (Å²) in [7, 11) is 0. The van der Waals surface area contributed by atoms with Crippen LogP contribution in [-0.2, 0) is 17.6 Å². The Morgan fingerprint density at radius 2 is 2.08 bits per heavy atom. The summed E-state index contributed by atoms with van der Waals surface area (Å²) in [5, 5.41) is 16.1. The zero-order valence-corrected chi connectivity index (χ0v) is 14.6. The number of hydrogen-bond acceptors (Lipinski definition) is 3. The van der Waals surface area contributed by atoms with Crippen molar-refractivity contribution in [1.82, 2.24) is 15.1 Å². The molecule has 2 N–H and O–H groups in total. The molecule has 0 aliphatic heterocycles. The standard InChI is InChI=1S/C19H23N3O3/c1-12-8-9-15(13(2)11-12)22-16-6-3-5-14(16)18(21-22)19(25)20-10-4-7-17(23)24/h8-9,11H,3-7,10H2,1-2H3,(H,20,25)(H,23,24). The van der Waals surface area contributed by atoms with Crippen LogP contribution in [0.4, 0.5) is 0 Å². The number of amides is 1. The molecule has 1 aliphatic rings. The second-order valence-electron chi connectivity index (χ2n) is 6.58. The number of rotatable bonds is 6. The summed E-state index contributed by atoms with van der Waals surface area (Å²) >= 11 is 0. The molecule has 0 atom stereocenters. The van der Waals surface area contributed by atoms with E-state index in [1.807, 2.05) is 10.7 Å². The summed E-state index contributed by atoms with van der Waals surface area (Å²) < 4.78 is 1.91. The highest BCUT2D eigenvalue weighted by atomic mass is 16.4. The molecule has 25 heavy (non-hydrogen) atoms. The van der Waals surface area contributed by atoms with E-state index >= 15 is 0 Å². The fourth-order valence-electron chi connectivity index (χ4n) is 3.39. The van der Waals surface area contributed by atoms with Crippen molar-refractivity contribution in [2.75, 3.05) is 6.54 Å². The SMILES string of the molecule is Cc1ccc(-n2nc(C(=O)NCCCC(=O)O)c3c2CCC3)c(C)c1. The van der Waals surface area contributed by atoms with Crippen LogP contribution in [0.25, 0.3) is 5.69 Å². The Morgan fingerprint density at radius 1 is 1.28 bits per heavy atom. The zero-order valence-electron chi connectivity index (χ0n) is 14.6. The third-order valence-electron chi connectivity index (χ3n) is 4.58. The van der Waals surface area contributed by atoms with Gasteiger partial charge in [-0.05, 0) is 51.2 Å². The van der Waals surface area contributed by atoms with Gasteiger partial charge in [0.05, 0.1) is 5.69 Å². The van der Waals surface area contributed by atoms with Crippen LogP contribution in [0.5, 0.6) is 0 Å². The molecule has 0 unspecified atom stereocenters. The molecule has 3 rings (SSSR count). The number of nitrogens with zero attached hydrogens (tertiary/aromatic N) is 2. The van der Waals surface area contributed by atoms with Gasteiger partial charge in [0, 0.05) is 24.2 Å². The van der Waals surface area contributed by atoms with Crippen molar-refractivity contribution in [1.29, 1.82) is 0 Å². The molecular weight excluding hydrogens is 318 g/mol. The first-order valence-electron chi connectivity index (χ1n) is 8.65. The predicted octanol–water partition coefficient (Wildman–Crippen LogP) is 2.57. The van der Waals surface area contributed by atoms with Crippen LogP contribution >= 0.6 is 0 Å². The van der Waals surface area contributed by atoms with E-state index in [-0.39, 0.29) is 12.3 Å². The first-order valence-corrected chi connectivity index (χ1v) is 8.65. The maximum atomic E-state index is 12.5. The number of carbonyl (C=O) groups excluding carboxylic acids is 1. The molecule has 0 fully saturated rings. The number of aliphatic carboxylic acids is 1. The Hall–Kier alpha value is -2.63. The van der Waals surface area contributed by atoms with Crippen molar-refractivity contribution in [2.24, 2.45) is 0 Å². The van der Waals surface area contributed by atoms with Crippen molar-refractivity contribution in [2.45, 2.75) is 46.0 Å². The fourth-order valence-corrected chi connectivity index (χ4v) is 3.39. The molecule has 132 valence electrons. The molecule has 0 radical (unpaired) electrons. The molecule has 0 saturated heterocycles. The normalized spacial score (nSPS) is 12.9. The first kappa shape index (κ1) is 17.2. The lowest BCUT2D eigenvalue weighted by Crippen LogP contribution is -2.26. The number of carboxylic acids is 1. The summed E-state index contributed by atoms with van der Waals surface area (Å²) in [5.74, 6) is -1.07. The van der Waals surface area contributed by atoms with Gasteiger partial charge in [-0.15, -0.1) is 0 Å². The number of aryl methyl sites for hydroxylation is 2. The minimum Gasteiger partial charge on any atom is -0.481 e. The second-order valence-corrected chi connectivity index (χ2v) is 6.58. The van der Waals surface area contributed by atoms with Gasteiger partial charge in [0.2, 0.25) is 0 Å². The lowest BCUT2D eigenvalue weighted by atomic mass is 10.1. The third kappa shape index (κ3) is 3.57. The van der Waals surface area contributed by atoms with Gasteiger partial charge < -0.3 is 10.4 Å². The molecule has 0 bridgehead atoms. The fraction of sp³-hybridized carbons (Fsp3) is 0.421. The average molecular weight is 341 g/mol. The van der Waals surface area contributed by atoms with Crippen molar-refractivity contribution >= 4 is 11.9 Å². The highest BCUT2D eigenvalue weighted by Gasteiger charge is 2.27. The van der Waals surface area contributed by atoms with Crippen LogP contribution in [0.3, 0.4) is 0 Å². The van der Waals surface area contributed by atoms with Gasteiger partial charge in [0.25, 0.3) is 5.91 Å². The average Bonchev–Trinajstić information content (AvgIpc) is 3.14. The van der Waals surface area contributed by atoms with Gasteiger partial charge >= 0.3 is 5.97 Å². The van der Waals surface area contributed by atoms with E-state index in [9.17, 15) is 9.59 Å². The number of carboxylic acid groups (broad SMARTS) is 1. The van der Waals surface area contributed by atoms with E-state index in [0.29, 0.717) is 18.7 Å². The summed E-state index contributed by atoms with van der Waals surface area (Å²) in [6.07, 6.45) is 3.27. The molecular formula is C19H23N3O3. The molecule has 2 aromatic rings. The lowest BCUT2D eigenvalue weighted by molar-refractivity contribution is -0.137. The lowest BCUT2D eigenvalue weighted by Gasteiger charge is -2.09. The van der Waals surface area contributed by atoms with Gasteiger partial charge in [-0.1, -0.05) is 17.7 Å². The van der Waals surface area contributed by atoms with E-state index in [4.69, 9.17) is 5.11 Å². The number of benzene rings is 1. The third-order valence-corrected chi connectivity index (χ3v) is 4.58. The van der Waals surface area contributed by atoms with Crippen LogP contribution in [0.15, 0.2) is 18.2 Å². The van der Waals surface area contributed by atoms with E-state index < -0.39 is 5.97 Å². The predicted molar refractivity (Wildman–Crippen MR) is 94.3 cm³/mol. The number of hydrogen-bond donors (Lipinski definition) is 2. The molecule has 1 amide bonds. The Labute approximate surface area is 146 Å². The van der Waals surface area contributed by atoms with Crippen molar-refractivity contribution in [3.8, 4) is 5.69 Å². The van der Waals surface area contributed by atoms with Gasteiger partial charge in [-0.2, -0.15) is 5.10 Å².